The van der Waals surface area contributed by atoms with Gasteiger partial charge in [0, 0.05) is 36.1 Å². The largest absolute Gasteiger partial charge is 0.344 e. The van der Waals surface area contributed by atoms with Gasteiger partial charge in [0.2, 0.25) is 5.91 Å². The van der Waals surface area contributed by atoms with Crippen LogP contribution in [0.2, 0.25) is 0 Å². The summed E-state index contributed by atoms with van der Waals surface area (Å²) in [7, 11) is 0. The quantitative estimate of drug-likeness (QED) is 0.857. The fraction of sp³-hybridized carbons (Fsp3) is 0.467. The number of nitrogens with zero attached hydrogens (tertiary/aromatic N) is 2. The van der Waals surface area contributed by atoms with Gasteiger partial charge in [-0.3, -0.25) is 9.79 Å². The van der Waals surface area contributed by atoms with Crippen LogP contribution >= 0.6 is 15.9 Å². The Bertz CT molecular complexity index is 562. The van der Waals surface area contributed by atoms with Gasteiger partial charge < -0.3 is 10.2 Å². The van der Waals surface area contributed by atoms with Crippen molar-refractivity contribution < 1.29 is 4.79 Å². The number of carbonyl (C=O) groups is 1. The number of anilines is 1. The molecule has 4 nitrogen and oxygen atoms in total. The van der Waals surface area contributed by atoms with Crippen LogP contribution in [0.5, 0.6) is 0 Å². The third-order valence-electron chi connectivity index (χ3n) is 4.08. The van der Waals surface area contributed by atoms with Crippen molar-refractivity contribution in [2.24, 2.45) is 10.9 Å². The Labute approximate surface area is 127 Å². The number of rotatable bonds is 1. The maximum atomic E-state index is 11.4. The molecule has 0 aliphatic carbocycles. The van der Waals surface area contributed by atoms with Crippen molar-refractivity contribution in [2.45, 2.75) is 26.3 Å². The van der Waals surface area contributed by atoms with Gasteiger partial charge in [-0.2, -0.15) is 0 Å². The van der Waals surface area contributed by atoms with Gasteiger partial charge >= 0.3 is 0 Å². The Morgan fingerprint density at radius 1 is 1.40 bits per heavy atom. The summed E-state index contributed by atoms with van der Waals surface area (Å²) in [6.07, 6.45) is 1.99. The number of amides is 1. The highest BCUT2D eigenvalue weighted by Gasteiger charge is 2.26. The minimum atomic E-state index is 0.178. The smallest absolute Gasteiger partial charge is 0.219 e. The van der Waals surface area contributed by atoms with Crippen LogP contribution < -0.4 is 5.32 Å². The average molecular weight is 336 g/mol. The van der Waals surface area contributed by atoms with Crippen molar-refractivity contribution in [1.29, 1.82) is 0 Å². The molecule has 0 bridgehead atoms. The van der Waals surface area contributed by atoms with Gasteiger partial charge in [-0.15, -0.1) is 0 Å². The second-order valence-corrected chi connectivity index (χ2v) is 6.32. The van der Waals surface area contributed by atoms with E-state index in [1.807, 2.05) is 11.0 Å². The minimum Gasteiger partial charge on any atom is -0.344 e. The van der Waals surface area contributed by atoms with E-state index in [1.54, 1.807) is 6.92 Å². The summed E-state index contributed by atoms with van der Waals surface area (Å²) in [4.78, 5) is 18.0. The predicted molar refractivity (Wildman–Crippen MR) is 83.9 cm³/mol. The zero-order chi connectivity index (χ0) is 14.1. The molecule has 0 aromatic heterocycles. The number of nitrogens with one attached hydrogen (secondary N) is 1. The molecule has 1 saturated heterocycles. The highest BCUT2D eigenvalue weighted by atomic mass is 79.9. The number of piperidine rings is 1. The maximum Gasteiger partial charge on any atom is 0.219 e. The number of fused-ring (bicyclic) bond motifs is 1. The Hall–Kier alpha value is -1.36. The summed E-state index contributed by atoms with van der Waals surface area (Å²) in [5.41, 5.74) is 2.39. The number of hydrogen-bond acceptors (Lipinski definition) is 3. The summed E-state index contributed by atoms with van der Waals surface area (Å²) in [5.74, 6) is 1.71. The lowest BCUT2D eigenvalue weighted by atomic mass is 9.94. The maximum absolute atomic E-state index is 11.4. The molecular formula is C15H18BrN3O. The summed E-state index contributed by atoms with van der Waals surface area (Å²) in [6, 6.07) is 6.26. The van der Waals surface area contributed by atoms with E-state index in [0.29, 0.717) is 5.92 Å². The molecule has 2 aliphatic heterocycles. The Kier molecular flexibility index (Phi) is 3.78. The molecule has 1 aromatic rings. The first kappa shape index (κ1) is 13.6. The van der Waals surface area contributed by atoms with Crippen molar-refractivity contribution in [3.63, 3.8) is 0 Å². The predicted octanol–water partition coefficient (Wildman–Crippen LogP) is 3.03. The van der Waals surface area contributed by atoms with Crippen molar-refractivity contribution in [3.8, 4) is 0 Å². The number of hydrogen-bond donors (Lipinski definition) is 1. The van der Waals surface area contributed by atoms with Crippen LogP contribution in [0.4, 0.5) is 5.69 Å². The van der Waals surface area contributed by atoms with E-state index in [2.05, 4.69) is 38.4 Å². The van der Waals surface area contributed by atoms with Crippen molar-refractivity contribution in [2.75, 3.05) is 18.4 Å². The summed E-state index contributed by atoms with van der Waals surface area (Å²) >= 11 is 3.49. The van der Waals surface area contributed by atoms with Gasteiger partial charge in [-0.05, 0) is 36.6 Å². The number of aliphatic imine (C=N–C) groups is 1. The van der Waals surface area contributed by atoms with Crippen molar-refractivity contribution >= 4 is 33.4 Å². The van der Waals surface area contributed by atoms with E-state index < -0.39 is 0 Å². The molecule has 0 atom stereocenters. The fourth-order valence-electron chi connectivity index (χ4n) is 2.86. The normalized spacial score (nSPS) is 19.1. The van der Waals surface area contributed by atoms with Crippen LogP contribution in [0.3, 0.4) is 0 Å². The summed E-state index contributed by atoms with van der Waals surface area (Å²) in [6.45, 7) is 4.07. The van der Waals surface area contributed by atoms with Crippen LogP contribution in [0.1, 0.15) is 25.3 Å². The molecule has 0 radical (unpaired) electrons. The monoisotopic (exact) mass is 335 g/mol. The number of benzene rings is 1. The van der Waals surface area contributed by atoms with Gasteiger partial charge in [-0.1, -0.05) is 15.9 Å². The standard InChI is InChI=1S/C15H18BrN3O/c1-10(20)19-6-4-11(5-7-19)15-17-9-12-8-13(16)2-3-14(12)18-15/h2-3,8,11H,4-7,9H2,1H3,(H,17,18). The molecule has 0 unspecified atom stereocenters. The van der Waals surface area contributed by atoms with Gasteiger partial charge in [0.25, 0.3) is 0 Å². The minimum absolute atomic E-state index is 0.178. The number of likely N-dealkylation sites (tertiary alicyclic amines) is 1. The van der Waals surface area contributed by atoms with Crippen LogP contribution in [0.25, 0.3) is 0 Å². The molecule has 106 valence electrons. The second-order valence-electron chi connectivity index (χ2n) is 5.41. The number of halogens is 1. The lowest BCUT2D eigenvalue weighted by Crippen LogP contribution is -2.41. The third-order valence-corrected chi connectivity index (χ3v) is 4.57. The molecule has 1 fully saturated rings. The molecule has 2 heterocycles. The highest BCUT2D eigenvalue weighted by molar-refractivity contribution is 9.10. The first-order chi connectivity index (χ1) is 9.63. The molecular weight excluding hydrogens is 318 g/mol. The first-order valence-electron chi connectivity index (χ1n) is 6.99. The molecule has 0 spiro atoms. The van der Waals surface area contributed by atoms with Crippen molar-refractivity contribution in [1.82, 2.24) is 4.90 Å². The topological polar surface area (TPSA) is 44.7 Å². The lowest BCUT2D eigenvalue weighted by Gasteiger charge is -2.33. The summed E-state index contributed by atoms with van der Waals surface area (Å²) in [5, 5.41) is 3.46. The SMILES string of the molecule is CC(=O)N1CCC(C2=NCc3cc(Br)ccc3N2)CC1. The molecule has 1 N–H and O–H groups in total. The molecule has 0 saturated carbocycles. The van der Waals surface area contributed by atoms with Gasteiger partial charge in [0.15, 0.2) is 0 Å². The lowest BCUT2D eigenvalue weighted by molar-refractivity contribution is -0.129. The fourth-order valence-corrected chi connectivity index (χ4v) is 3.27. The Balaban J connectivity index is 1.67. The molecule has 1 aromatic carbocycles. The molecule has 3 rings (SSSR count). The Morgan fingerprint density at radius 3 is 2.85 bits per heavy atom. The van der Waals surface area contributed by atoms with E-state index in [9.17, 15) is 4.79 Å². The summed E-state index contributed by atoms with van der Waals surface area (Å²) < 4.78 is 1.09. The third kappa shape index (κ3) is 2.73. The van der Waals surface area contributed by atoms with E-state index in [4.69, 9.17) is 0 Å². The van der Waals surface area contributed by atoms with E-state index in [-0.39, 0.29) is 5.91 Å². The number of amidine groups is 1. The number of carbonyl (C=O) groups excluding carboxylic acids is 1. The average Bonchev–Trinajstić information content (AvgIpc) is 2.47. The molecule has 1 amide bonds. The molecule has 2 aliphatic rings. The van der Waals surface area contributed by atoms with Crippen molar-refractivity contribution in [3.05, 3.63) is 28.2 Å². The molecule has 5 heteroatoms. The van der Waals surface area contributed by atoms with E-state index in [1.165, 1.54) is 5.56 Å². The molecule has 20 heavy (non-hydrogen) atoms. The van der Waals surface area contributed by atoms with E-state index in [0.717, 1.165) is 48.5 Å². The Morgan fingerprint density at radius 2 is 2.15 bits per heavy atom. The van der Waals surface area contributed by atoms with E-state index >= 15 is 0 Å². The van der Waals surface area contributed by atoms with Crippen LogP contribution in [0, 0.1) is 5.92 Å². The second kappa shape index (κ2) is 5.56. The van der Waals surface area contributed by atoms with Gasteiger partial charge in [0.1, 0.15) is 5.84 Å². The van der Waals surface area contributed by atoms with Crippen LogP contribution in [-0.2, 0) is 11.3 Å². The first-order valence-corrected chi connectivity index (χ1v) is 7.78. The van der Waals surface area contributed by atoms with Crippen LogP contribution in [-0.4, -0.2) is 29.7 Å². The van der Waals surface area contributed by atoms with Gasteiger partial charge in [-0.25, -0.2) is 0 Å². The van der Waals surface area contributed by atoms with Gasteiger partial charge in [0.05, 0.1) is 6.54 Å². The van der Waals surface area contributed by atoms with Crippen LogP contribution in [0.15, 0.2) is 27.7 Å². The highest BCUT2D eigenvalue weighted by Crippen LogP contribution is 2.28. The zero-order valence-electron chi connectivity index (χ0n) is 11.5. The zero-order valence-corrected chi connectivity index (χ0v) is 13.1.